The quantitative estimate of drug-likeness (QED) is 0.647. The van der Waals surface area contributed by atoms with Gasteiger partial charge in [0.2, 0.25) is 0 Å². The molecule has 0 radical (unpaired) electrons. The number of nitriles is 1. The van der Waals surface area contributed by atoms with Gasteiger partial charge < -0.3 is 14.4 Å². The summed E-state index contributed by atoms with van der Waals surface area (Å²) in [6, 6.07) is 2.19. The third-order valence-corrected chi connectivity index (χ3v) is 2.39. The molecule has 5 heteroatoms. The lowest BCUT2D eigenvalue weighted by molar-refractivity contribution is 0.0223. The summed E-state index contributed by atoms with van der Waals surface area (Å²) in [5.74, 6) is 0. The molecule has 1 unspecified atom stereocenters. The van der Waals surface area contributed by atoms with Crippen LogP contribution in [-0.2, 0) is 9.47 Å². The van der Waals surface area contributed by atoms with E-state index in [2.05, 4.69) is 6.07 Å². The van der Waals surface area contributed by atoms with Gasteiger partial charge in [0.1, 0.15) is 5.60 Å². The Labute approximate surface area is 102 Å². The summed E-state index contributed by atoms with van der Waals surface area (Å²) in [6.07, 6.45) is -0.385. The number of amides is 1. The summed E-state index contributed by atoms with van der Waals surface area (Å²) in [5, 5.41) is 9.10. The first kappa shape index (κ1) is 13.8. The highest BCUT2D eigenvalue weighted by molar-refractivity contribution is 5.68. The van der Waals surface area contributed by atoms with Crippen LogP contribution in [0.15, 0.2) is 0 Å². The minimum Gasteiger partial charge on any atom is -0.444 e. The number of carbonyl (C=O) groups is 1. The third kappa shape index (κ3) is 4.23. The number of hydrogen-bond donors (Lipinski definition) is 0. The van der Waals surface area contributed by atoms with Crippen molar-refractivity contribution in [3.63, 3.8) is 0 Å². The zero-order valence-corrected chi connectivity index (χ0v) is 10.9. The number of hydrogen-bond acceptors (Lipinski definition) is 4. The summed E-state index contributed by atoms with van der Waals surface area (Å²) in [6.45, 7) is 8.85. The molecule has 0 aliphatic carbocycles. The molecule has 1 fully saturated rings. The Bertz CT molecular complexity index is 330. The number of carbonyl (C=O) groups excluding carboxylic acids is 1. The van der Waals surface area contributed by atoms with Crippen LogP contribution in [0.25, 0.3) is 0 Å². The first-order valence-electron chi connectivity index (χ1n) is 5.73. The molecule has 0 aromatic carbocycles. The Morgan fingerprint density at radius 1 is 1.53 bits per heavy atom. The first-order chi connectivity index (χ1) is 7.76. The monoisotopic (exact) mass is 240 g/mol. The molecule has 0 bridgehead atoms. The lowest BCUT2D eigenvalue weighted by Crippen LogP contribution is -2.42. The van der Waals surface area contributed by atoms with Crippen molar-refractivity contribution in [2.75, 3.05) is 26.3 Å². The molecular formula is C12H20N2O3. The predicted molar refractivity (Wildman–Crippen MR) is 62.3 cm³/mol. The van der Waals surface area contributed by atoms with E-state index in [4.69, 9.17) is 14.7 Å². The maximum Gasteiger partial charge on any atom is 0.410 e. The second kappa shape index (κ2) is 4.92. The van der Waals surface area contributed by atoms with Crippen molar-refractivity contribution >= 4 is 6.09 Å². The van der Waals surface area contributed by atoms with Crippen LogP contribution in [0, 0.1) is 16.7 Å². The van der Waals surface area contributed by atoms with Crippen molar-refractivity contribution in [1.29, 1.82) is 5.26 Å². The van der Waals surface area contributed by atoms with Crippen LogP contribution in [0.4, 0.5) is 4.79 Å². The van der Waals surface area contributed by atoms with Crippen LogP contribution >= 0.6 is 0 Å². The summed E-state index contributed by atoms with van der Waals surface area (Å²) >= 11 is 0. The van der Waals surface area contributed by atoms with Crippen molar-refractivity contribution in [3.05, 3.63) is 0 Å². The van der Waals surface area contributed by atoms with Gasteiger partial charge in [-0.05, 0) is 27.7 Å². The molecule has 1 saturated heterocycles. The van der Waals surface area contributed by atoms with Gasteiger partial charge in [0.15, 0.2) is 0 Å². The smallest absolute Gasteiger partial charge is 0.410 e. The normalized spacial score (nSPS) is 25.9. The molecule has 0 spiro atoms. The molecule has 0 saturated carbocycles. The zero-order valence-electron chi connectivity index (χ0n) is 10.9. The van der Waals surface area contributed by atoms with E-state index >= 15 is 0 Å². The molecule has 5 nitrogen and oxygen atoms in total. The van der Waals surface area contributed by atoms with Crippen LogP contribution in [0.5, 0.6) is 0 Å². The van der Waals surface area contributed by atoms with E-state index < -0.39 is 11.0 Å². The van der Waals surface area contributed by atoms with E-state index in [-0.39, 0.29) is 6.09 Å². The minimum absolute atomic E-state index is 0.346. The van der Waals surface area contributed by atoms with E-state index in [0.717, 1.165) is 0 Å². The van der Waals surface area contributed by atoms with Gasteiger partial charge in [0, 0.05) is 13.1 Å². The van der Waals surface area contributed by atoms with E-state index in [0.29, 0.717) is 26.3 Å². The fraction of sp³-hybridized carbons (Fsp3) is 0.833. The Morgan fingerprint density at radius 3 is 2.71 bits per heavy atom. The van der Waals surface area contributed by atoms with Crippen LogP contribution in [-0.4, -0.2) is 42.9 Å². The second-order valence-electron chi connectivity index (χ2n) is 5.63. The van der Waals surface area contributed by atoms with Crippen LogP contribution in [0.1, 0.15) is 27.7 Å². The molecule has 1 heterocycles. The fourth-order valence-electron chi connectivity index (χ4n) is 1.57. The lowest BCUT2D eigenvalue weighted by Gasteiger charge is -2.29. The maximum atomic E-state index is 11.9. The summed E-state index contributed by atoms with van der Waals surface area (Å²) in [4.78, 5) is 13.5. The average molecular weight is 240 g/mol. The van der Waals surface area contributed by atoms with Crippen LogP contribution in [0.3, 0.4) is 0 Å². The summed E-state index contributed by atoms with van der Waals surface area (Å²) in [5.41, 5.74) is -1.18. The van der Waals surface area contributed by atoms with E-state index in [9.17, 15) is 4.79 Å². The van der Waals surface area contributed by atoms with Gasteiger partial charge in [-0.15, -0.1) is 0 Å². The van der Waals surface area contributed by atoms with E-state index in [1.165, 1.54) is 0 Å². The predicted octanol–water partition coefficient (Wildman–Crippen LogP) is 1.78. The van der Waals surface area contributed by atoms with Crippen LogP contribution < -0.4 is 0 Å². The Kier molecular flexibility index (Phi) is 3.99. The van der Waals surface area contributed by atoms with Crippen LogP contribution in [0.2, 0.25) is 0 Å². The van der Waals surface area contributed by atoms with Gasteiger partial charge in [-0.3, -0.25) is 0 Å². The van der Waals surface area contributed by atoms with Crippen molar-refractivity contribution in [3.8, 4) is 6.07 Å². The minimum atomic E-state index is -0.659. The molecular weight excluding hydrogens is 220 g/mol. The Hall–Kier alpha value is -1.28. The average Bonchev–Trinajstić information content (AvgIpc) is 2.39. The molecule has 0 aromatic rings. The highest BCUT2D eigenvalue weighted by Crippen LogP contribution is 2.21. The number of nitrogens with zero attached hydrogens (tertiary/aromatic N) is 2. The van der Waals surface area contributed by atoms with Gasteiger partial charge in [0.25, 0.3) is 0 Å². The molecule has 1 atom stereocenters. The molecule has 0 aromatic heterocycles. The zero-order chi connectivity index (χ0) is 13.1. The highest BCUT2D eigenvalue weighted by atomic mass is 16.6. The van der Waals surface area contributed by atoms with Gasteiger partial charge >= 0.3 is 6.09 Å². The van der Waals surface area contributed by atoms with Crippen molar-refractivity contribution in [1.82, 2.24) is 4.90 Å². The molecule has 96 valence electrons. The lowest BCUT2D eigenvalue weighted by atomic mass is 9.93. The van der Waals surface area contributed by atoms with E-state index in [1.807, 2.05) is 20.8 Å². The van der Waals surface area contributed by atoms with Gasteiger partial charge in [-0.2, -0.15) is 5.26 Å². The molecule has 1 amide bonds. The number of ether oxygens (including phenoxy) is 2. The summed E-state index contributed by atoms with van der Waals surface area (Å²) in [7, 11) is 0. The third-order valence-electron chi connectivity index (χ3n) is 2.39. The standard InChI is InChI=1S/C12H20N2O3/c1-11(2,3)17-10(15)14-5-6-16-9-12(4,7-13)8-14/h5-6,8-9H2,1-4H3. The topological polar surface area (TPSA) is 62.6 Å². The van der Waals surface area contributed by atoms with Gasteiger partial charge in [0.05, 0.1) is 24.7 Å². The largest absolute Gasteiger partial charge is 0.444 e. The molecule has 17 heavy (non-hydrogen) atoms. The van der Waals surface area contributed by atoms with Gasteiger partial charge in [-0.1, -0.05) is 0 Å². The summed E-state index contributed by atoms with van der Waals surface area (Å²) < 4.78 is 10.6. The molecule has 0 N–H and O–H groups in total. The molecule has 1 aliphatic heterocycles. The Morgan fingerprint density at radius 2 is 2.18 bits per heavy atom. The molecule has 1 rings (SSSR count). The highest BCUT2D eigenvalue weighted by Gasteiger charge is 2.34. The maximum absolute atomic E-state index is 11.9. The first-order valence-corrected chi connectivity index (χ1v) is 5.73. The Balaban J connectivity index is 2.70. The van der Waals surface area contributed by atoms with Crippen molar-refractivity contribution in [2.24, 2.45) is 5.41 Å². The van der Waals surface area contributed by atoms with Gasteiger partial charge in [-0.25, -0.2) is 4.79 Å². The number of rotatable bonds is 0. The van der Waals surface area contributed by atoms with E-state index in [1.54, 1.807) is 11.8 Å². The van der Waals surface area contributed by atoms with Crippen molar-refractivity contribution < 1.29 is 14.3 Å². The molecule has 1 aliphatic rings. The van der Waals surface area contributed by atoms with Crippen molar-refractivity contribution in [2.45, 2.75) is 33.3 Å². The second-order valence-corrected chi connectivity index (χ2v) is 5.63. The SMILES string of the molecule is CC1(C#N)COCCN(C(=O)OC(C)(C)C)C1. The fourth-order valence-corrected chi connectivity index (χ4v) is 1.57.